The van der Waals surface area contributed by atoms with E-state index >= 15 is 0 Å². The molecular weight excluding hydrogens is 242 g/mol. The molecular formula is C15H23NOS. The van der Waals surface area contributed by atoms with E-state index in [1.165, 1.54) is 24.2 Å². The molecule has 0 bridgehead atoms. The topological polar surface area (TPSA) is 35.2 Å². The Labute approximate surface area is 114 Å². The van der Waals surface area contributed by atoms with Crippen molar-refractivity contribution in [3.8, 4) is 5.75 Å². The minimum atomic E-state index is 0.673. The summed E-state index contributed by atoms with van der Waals surface area (Å²) in [6.07, 6.45) is 3.91. The van der Waals surface area contributed by atoms with Gasteiger partial charge in [-0.05, 0) is 55.5 Å². The molecule has 0 radical (unpaired) electrons. The zero-order chi connectivity index (χ0) is 13.0. The van der Waals surface area contributed by atoms with E-state index in [4.69, 9.17) is 10.5 Å². The van der Waals surface area contributed by atoms with Crippen LogP contribution in [0.1, 0.15) is 26.2 Å². The summed E-state index contributed by atoms with van der Waals surface area (Å²) in [7, 11) is 1.70. The van der Waals surface area contributed by atoms with Crippen LogP contribution in [0.4, 0.5) is 0 Å². The maximum Gasteiger partial charge on any atom is 0.118 e. The van der Waals surface area contributed by atoms with E-state index in [-0.39, 0.29) is 0 Å². The van der Waals surface area contributed by atoms with Crippen LogP contribution in [0.15, 0.2) is 29.2 Å². The number of benzene rings is 1. The third kappa shape index (κ3) is 3.42. The lowest BCUT2D eigenvalue weighted by Gasteiger charge is -2.33. The highest BCUT2D eigenvalue weighted by molar-refractivity contribution is 8.00. The van der Waals surface area contributed by atoms with Gasteiger partial charge >= 0.3 is 0 Å². The molecule has 1 fully saturated rings. The number of methoxy groups -OCH3 is 1. The van der Waals surface area contributed by atoms with Gasteiger partial charge in [-0.15, -0.1) is 11.8 Å². The summed E-state index contributed by atoms with van der Waals surface area (Å²) in [6, 6.07) is 8.37. The van der Waals surface area contributed by atoms with Gasteiger partial charge in [0.1, 0.15) is 5.75 Å². The van der Waals surface area contributed by atoms with Gasteiger partial charge in [0, 0.05) is 10.1 Å². The minimum Gasteiger partial charge on any atom is -0.497 e. The maximum absolute atomic E-state index is 5.91. The molecule has 0 heterocycles. The second-order valence-corrected chi connectivity index (χ2v) is 6.56. The first kappa shape index (κ1) is 13.8. The van der Waals surface area contributed by atoms with Crippen LogP contribution in [0.3, 0.4) is 0 Å². The third-order valence-corrected chi connectivity index (χ3v) is 5.26. The first-order valence-corrected chi connectivity index (χ1v) is 7.61. The Kier molecular flexibility index (Phi) is 4.95. The smallest absolute Gasteiger partial charge is 0.118 e. The van der Waals surface area contributed by atoms with Crippen molar-refractivity contribution in [1.82, 2.24) is 0 Å². The lowest BCUT2D eigenvalue weighted by atomic mass is 9.82. The van der Waals surface area contributed by atoms with E-state index in [2.05, 4.69) is 19.1 Å². The second kappa shape index (κ2) is 6.48. The third-order valence-electron chi connectivity index (χ3n) is 3.84. The van der Waals surface area contributed by atoms with Crippen molar-refractivity contribution in [1.29, 1.82) is 0 Å². The Balaban J connectivity index is 2.01. The Morgan fingerprint density at radius 2 is 2.00 bits per heavy atom. The van der Waals surface area contributed by atoms with Crippen molar-refractivity contribution >= 4 is 11.8 Å². The molecule has 1 saturated carbocycles. The van der Waals surface area contributed by atoms with Gasteiger partial charge in [-0.3, -0.25) is 0 Å². The first-order chi connectivity index (χ1) is 8.72. The van der Waals surface area contributed by atoms with E-state index in [9.17, 15) is 0 Å². The maximum atomic E-state index is 5.91. The largest absolute Gasteiger partial charge is 0.497 e. The van der Waals surface area contributed by atoms with Gasteiger partial charge in [0.05, 0.1) is 7.11 Å². The molecule has 100 valence electrons. The molecule has 18 heavy (non-hydrogen) atoms. The van der Waals surface area contributed by atoms with Crippen molar-refractivity contribution in [2.75, 3.05) is 13.7 Å². The fourth-order valence-electron chi connectivity index (χ4n) is 2.63. The average molecular weight is 265 g/mol. The second-order valence-electron chi connectivity index (χ2n) is 5.25. The van der Waals surface area contributed by atoms with Crippen LogP contribution in [0, 0.1) is 11.8 Å². The number of nitrogens with two attached hydrogens (primary N) is 1. The molecule has 3 unspecified atom stereocenters. The van der Waals surface area contributed by atoms with E-state index in [1.54, 1.807) is 7.11 Å². The molecule has 3 heteroatoms. The summed E-state index contributed by atoms with van der Waals surface area (Å²) in [5.74, 6) is 2.43. The highest BCUT2D eigenvalue weighted by Gasteiger charge is 2.28. The molecule has 2 N–H and O–H groups in total. The van der Waals surface area contributed by atoms with Gasteiger partial charge in [-0.2, -0.15) is 0 Å². The van der Waals surface area contributed by atoms with Crippen LogP contribution < -0.4 is 10.5 Å². The fourth-order valence-corrected chi connectivity index (χ4v) is 4.14. The fraction of sp³-hybridized carbons (Fsp3) is 0.600. The van der Waals surface area contributed by atoms with Crippen LogP contribution in [0.25, 0.3) is 0 Å². The monoisotopic (exact) mass is 265 g/mol. The quantitative estimate of drug-likeness (QED) is 0.904. The first-order valence-electron chi connectivity index (χ1n) is 6.73. The number of rotatable bonds is 4. The molecule has 1 aliphatic rings. The van der Waals surface area contributed by atoms with Crippen LogP contribution in [0.5, 0.6) is 5.75 Å². The molecule has 0 aliphatic heterocycles. The molecule has 0 spiro atoms. The molecule has 3 atom stereocenters. The lowest BCUT2D eigenvalue weighted by Crippen LogP contribution is -2.31. The number of hydrogen-bond acceptors (Lipinski definition) is 3. The molecule has 0 saturated heterocycles. The minimum absolute atomic E-state index is 0.673. The summed E-state index contributed by atoms with van der Waals surface area (Å²) in [5.41, 5.74) is 5.91. The average Bonchev–Trinajstić information content (AvgIpc) is 2.40. The Hall–Kier alpha value is -0.670. The highest BCUT2D eigenvalue weighted by atomic mass is 32.2. The van der Waals surface area contributed by atoms with Gasteiger partial charge in [0.15, 0.2) is 0 Å². The van der Waals surface area contributed by atoms with Gasteiger partial charge in [0.2, 0.25) is 0 Å². The normalized spacial score (nSPS) is 28.1. The molecule has 2 rings (SSSR count). The summed E-state index contributed by atoms with van der Waals surface area (Å²) in [5, 5.41) is 0.673. The predicted molar refractivity (Wildman–Crippen MR) is 78.2 cm³/mol. The summed E-state index contributed by atoms with van der Waals surface area (Å²) in [4.78, 5) is 1.33. The van der Waals surface area contributed by atoms with Gasteiger partial charge in [0.25, 0.3) is 0 Å². The van der Waals surface area contributed by atoms with Crippen molar-refractivity contribution < 1.29 is 4.74 Å². The van der Waals surface area contributed by atoms with Crippen molar-refractivity contribution in [2.45, 2.75) is 36.3 Å². The molecule has 2 nitrogen and oxygen atoms in total. The Morgan fingerprint density at radius 3 is 2.61 bits per heavy atom. The molecule has 1 aromatic rings. The SMILES string of the molecule is COc1ccc(SC2CC(C)CCC2CN)cc1. The number of hydrogen-bond donors (Lipinski definition) is 1. The molecule has 0 aromatic heterocycles. The van der Waals surface area contributed by atoms with Crippen LogP contribution >= 0.6 is 11.8 Å². The van der Waals surface area contributed by atoms with Gasteiger partial charge in [-0.25, -0.2) is 0 Å². The standard InChI is InChI=1S/C15H23NOS/c1-11-3-4-12(10-16)15(9-11)18-14-7-5-13(17-2)6-8-14/h5-8,11-12,15H,3-4,9-10,16H2,1-2H3. The Bertz CT molecular complexity index is 365. The zero-order valence-electron chi connectivity index (χ0n) is 11.3. The van der Waals surface area contributed by atoms with Gasteiger partial charge < -0.3 is 10.5 Å². The summed E-state index contributed by atoms with van der Waals surface area (Å²) >= 11 is 1.98. The Morgan fingerprint density at radius 1 is 1.28 bits per heavy atom. The van der Waals surface area contributed by atoms with Gasteiger partial charge in [-0.1, -0.05) is 13.3 Å². The highest BCUT2D eigenvalue weighted by Crippen LogP contribution is 2.39. The van der Waals surface area contributed by atoms with E-state index < -0.39 is 0 Å². The van der Waals surface area contributed by atoms with Crippen molar-refractivity contribution in [2.24, 2.45) is 17.6 Å². The zero-order valence-corrected chi connectivity index (χ0v) is 12.1. The van der Waals surface area contributed by atoms with Crippen LogP contribution in [0.2, 0.25) is 0 Å². The number of thioether (sulfide) groups is 1. The van der Waals surface area contributed by atoms with Crippen LogP contribution in [-0.2, 0) is 0 Å². The molecule has 1 aliphatic carbocycles. The summed E-state index contributed by atoms with van der Waals surface area (Å²) < 4.78 is 5.19. The lowest BCUT2D eigenvalue weighted by molar-refractivity contribution is 0.306. The van der Waals surface area contributed by atoms with E-state index in [0.717, 1.165) is 18.2 Å². The van der Waals surface area contributed by atoms with E-state index in [1.807, 2.05) is 23.9 Å². The van der Waals surface area contributed by atoms with E-state index in [0.29, 0.717) is 11.2 Å². The van der Waals surface area contributed by atoms with Crippen molar-refractivity contribution in [3.63, 3.8) is 0 Å². The van der Waals surface area contributed by atoms with Crippen LogP contribution in [-0.4, -0.2) is 18.9 Å². The molecule has 0 amide bonds. The van der Waals surface area contributed by atoms with Crippen molar-refractivity contribution in [3.05, 3.63) is 24.3 Å². The molecule has 1 aromatic carbocycles. The summed E-state index contributed by atoms with van der Waals surface area (Å²) in [6.45, 7) is 3.18. The number of ether oxygens (including phenoxy) is 1. The predicted octanol–water partition coefficient (Wildman–Crippen LogP) is 3.55.